The Bertz CT molecular complexity index is 873. The normalized spacial score (nSPS) is 11.2. The molecule has 0 radical (unpaired) electrons. The molecule has 26 heavy (non-hydrogen) atoms. The molecule has 0 aliphatic carbocycles. The van der Waals surface area contributed by atoms with Gasteiger partial charge in [0.15, 0.2) is 0 Å². The van der Waals surface area contributed by atoms with Crippen molar-refractivity contribution in [3.8, 4) is 0 Å². The molecular formula is C18H20F2N2O3S. The number of rotatable bonds is 7. The van der Waals surface area contributed by atoms with E-state index in [1.54, 1.807) is 7.05 Å². The minimum atomic E-state index is -3.83. The van der Waals surface area contributed by atoms with Crippen LogP contribution in [0.1, 0.15) is 12.0 Å². The van der Waals surface area contributed by atoms with Crippen molar-refractivity contribution in [2.24, 2.45) is 0 Å². The van der Waals surface area contributed by atoms with E-state index in [4.69, 9.17) is 0 Å². The highest BCUT2D eigenvalue weighted by molar-refractivity contribution is 7.92. The lowest BCUT2D eigenvalue weighted by Gasteiger charge is -2.24. The average molecular weight is 382 g/mol. The molecule has 0 bridgehead atoms. The molecule has 0 heterocycles. The average Bonchev–Trinajstić information content (AvgIpc) is 2.56. The third kappa shape index (κ3) is 5.26. The minimum absolute atomic E-state index is 0.132. The van der Waals surface area contributed by atoms with Crippen molar-refractivity contribution < 1.29 is 22.0 Å². The molecule has 2 aromatic rings. The molecule has 1 amide bonds. The maximum absolute atomic E-state index is 14.0. The van der Waals surface area contributed by atoms with Crippen LogP contribution in [0.2, 0.25) is 0 Å². The molecule has 0 saturated carbocycles. The molecule has 0 aliphatic rings. The summed E-state index contributed by atoms with van der Waals surface area (Å²) in [4.78, 5) is 13.8. The molecular weight excluding hydrogens is 362 g/mol. The Balaban J connectivity index is 2.08. The standard InChI is InChI=1S/C18H20F2N2O3S/c1-21(13-14-6-4-3-5-7-14)18(23)10-11-22(26(2,24)25)17-9-8-15(19)12-16(17)20/h3-9,12H,10-11,13H2,1-2H3. The van der Waals surface area contributed by atoms with E-state index in [0.29, 0.717) is 12.6 Å². The van der Waals surface area contributed by atoms with E-state index in [2.05, 4.69) is 0 Å². The summed E-state index contributed by atoms with van der Waals surface area (Å²) in [5.74, 6) is -2.09. The predicted molar refractivity (Wildman–Crippen MR) is 96.1 cm³/mol. The first-order valence-corrected chi connectivity index (χ1v) is 9.74. The van der Waals surface area contributed by atoms with E-state index in [9.17, 15) is 22.0 Å². The summed E-state index contributed by atoms with van der Waals surface area (Å²) in [7, 11) is -2.22. The molecule has 2 aromatic carbocycles. The summed E-state index contributed by atoms with van der Waals surface area (Å²) < 4.78 is 51.8. The Morgan fingerprint density at radius 2 is 1.73 bits per heavy atom. The lowest BCUT2D eigenvalue weighted by molar-refractivity contribution is -0.130. The van der Waals surface area contributed by atoms with E-state index in [0.717, 1.165) is 28.3 Å². The zero-order valence-corrected chi connectivity index (χ0v) is 15.3. The van der Waals surface area contributed by atoms with Gasteiger partial charge in [0.05, 0.1) is 11.9 Å². The van der Waals surface area contributed by atoms with Gasteiger partial charge in [-0.25, -0.2) is 17.2 Å². The van der Waals surface area contributed by atoms with Crippen molar-refractivity contribution in [1.29, 1.82) is 0 Å². The number of sulfonamides is 1. The predicted octanol–water partition coefficient (Wildman–Crippen LogP) is 2.78. The monoisotopic (exact) mass is 382 g/mol. The zero-order valence-electron chi connectivity index (χ0n) is 14.5. The number of carbonyl (C=O) groups excluding carboxylic acids is 1. The van der Waals surface area contributed by atoms with Gasteiger partial charge < -0.3 is 4.90 Å². The largest absolute Gasteiger partial charge is 0.341 e. The third-order valence-corrected chi connectivity index (χ3v) is 4.98. The Labute approximate surface area is 151 Å². The second-order valence-electron chi connectivity index (χ2n) is 5.92. The van der Waals surface area contributed by atoms with Crippen LogP contribution in [0.4, 0.5) is 14.5 Å². The summed E-state index contributed by atoms with van der Waals surface area (Å²) in [6, 6.07) is 12.0. The van der Waals surface area contributed by atoms with E-state index in [-0.39, 0.29) is 24.6 Å². The fourth-order valence-electron chi connectivity index (χ4n) is 2.48. The van der Waals surface area contributed by atoms with Crippen LogP contribution in [0.15, 0.2) is 48.5 Å². The fraction of sp³-hybridized carbons (Fsp3) is 0.278. The molecule has 0 atom stereocenters. The number of carbonyl (C=O) groups is 1. The maximum atomic E-state index is 14.0. The molecule has 140 valence electrons. The van der Waals surface area contributed by atoms with Gasteiger partial charge in [0, 0.05) is 32.6 Å². The maximum Gasteiger partial charge on any atom is 0.232 e. The van der Waals surface area contributed by atoms with Gasteiger partial charge in [0.2, 0.25) is 15.9 Å². The van der Waals surface area contributed by atoms with Crippen molar-refractivity contribution in [2.45, 2.75) is 13.0 Å². The molecule has 0 aliphatic heterocycles. The van der Waals surface area contributed by atoms with Gasteiger partial charge in [-0.15, -0.1) is 0 Å². The molecule has 0 saturated heterocycles. The van der Waals surface area contributed by atoms with E-state index in [1.807, 2.05) is 30.3 Å². The number of anilines is 1. The highest BCUT2D eigenvalue weighted by Gasteiger charge is 2.23. The second-order valence-corrected chi connectivity index (χ2v) is 7.82. The smallest absolute Gasteiger partial charge is 0.232 e. The lowest BCUT2D eigenvalue weighted by Crippen LogP contribution is -2.35. The van der Waals surface area contributed by atoms with E-state index in [1.165, 1.54) is 4.90 Å². The third-order valence-electron chi connectivity index (χ3n) is 3.80. The van der Waals surface area contributed by atoms with Crippen LogP contribution in [0.3, 0.4) is 0 Å². The van der Waals surface area contributed by atoms with Crippen LogP contribution in [0, 0.1) is 11.6 Å². The Kier molecular flexibility index (Phi) is 6.31. The molecule has 0 aromatic heterocycles. The van der Waals surface area contributed by atoms with Gasteiger partial charge in [0.1, 0.15) is 11.6 Å². The zero-order chi connectivity index (χ0) is 19.3. The highest BCUT2D eigenvalue weighted by atomic mass is 32.2. The van der Waals surface area contributed by atoms with Gasteiger partial charge in [-0.3, -0.25) is 9.10 Å². The Morgan fingerprint density at radius 1 is 1.08 bits per heavy atom. The topological polar surface area (TPSA) is 57.7 Å². The van der Waals surface area contributed by atoms with Crippen molar-refractivity contribution in [1.82, 2.24) is 4.90 Å². The summed E-state index contributed by atoms with van der Waals surface area (Å²) in [5.41, 5.74) is 0.653. The summed E-state index contributed by atoms with van der Waals surface area (Å²) in [6.07, 6.45) is 0.779. The van der Waals surface area contributed by atoms with Gasteiger partial charge in [0.25, 0.3) is 0 Å². The minimum Gasteiger partial charge on any atom is -0.341 e. The van der Waals surface area contributed by atoms with Crippen LogP contribution in [-0.2, 0) is 21.4 Å². The number of benzene rings is 2. The summed E-state index contributed by atoms with van der Waals surface area (Å²) in [6.45, 7) is 0.142. The molecule has 8 heteroatoms. The summed E-state index contributed by atoms with van der Waals surface area (Å²) >= 11 is 0. The number of hydrogen-bond acceptors (Lipinski definition) is 3. The fourth-order valence-corrected chi connectivity index (χ4v) is 3.41. The first kappa shape index (κ1) is 19.8. The first-order chi connectivity index (χ1) is 12.2. The SMILES string of the molecule is CN(Cc1ccccc1)C(=O)CCN(c1ccc(F)cc1F)S(C)(=O)=O. The van der Waals surface area contributed by atoms with Gasteiger partial charge in [-0.2, -0.15) is 0 Å². The highest BCUT2D eigenvalue weighted by Crippen LogP contribution is 2.23. The van der Waals surface area contributed by atoms with E-state index < -0.39 is 21.7 Å². The molecule has 0 unspecified atom stereocenters. The molecule has 2 rings (SSSR count). The first-order valence-electron chi connectivity index (χ1n) is 7.89. The Hall–Kier alpha value is -2.48. The molecule has 5 nitrogen and oxygen atoms in total. The number of halogens is 2. The molecule has 0 N–H and O–H groups in total. The van der Waals surface area contributed by atoms with Crippen molar-refractivity contribution in [2.75, 3.05) is 24.2 Å². The van der Waals surface area contributed by atoms with Crippen molar-refractivity contribution >= 4 is 21.6 Å². The van der Waals surface area contributed by atoms with Crippen LogP contribution >= 0.6 is 0 Å². The molecule has 0 fully saturated rings. The second kappa shape index (κ2) is 8.27. The van der Waals surface area contributed by atoms with Crippen LogP contribution in [0.5, 0.6) is 0 Å². The van der Waals surface area contributed by atoms with E-state index >= 15 is 0 Å². The van der Waals surface area contributed by atoms with Gasteiger partial charge in [-0.1, -0.05) is 30.3 Å². The lowest BCUT2D eigenvalue weighted by atomic mass is 10.2. The molecule has 0 spiro atoms. The van der Waals surface area contributed by atoms with Crippen LogP contribution in [0.25, 0.3) is 0 Å². The quantitative estimate of drug-likeness (QED) is 0.740. The summed E-state index contributed by atoms with van der Waals surface area (Å²) in [5, 5.41) is 0. The number of amides is 1. The van der Waals surface area contributed by atoms with Gasteiger partial charge >= 0.3 is 0 Å². The van der Waals surface area contributed by atoms with Crippen LogP contribution in [-0.4, -0.2) is 39.1 Å². The Morgan fingerprint density at radius 3 is 2.31 bits per heavy atom. The van der Waals surface area contributed by atoms with Gasteiger partial charge in [-0.05, 0) is 17.7 Å². The number of nitrogens with zero attached hydrogens (tertiary/aromatic N) is 2. The van der Waals surface area contributed by atoms with Crippen molar-refractivity contribution in [3.05, 3.63) is 65.7 Å². The van der Waals surface area contributed by atoms with Crippen molar-refractivity contribution in [3.63, 3.8) is 0 Å². The van der Waals surface area contributed by atoms with Crippen LogP contribution < -0.4 is 4.31 Å². The number of hydrogen-bond donors (Lipinski definition) is 0.